The van der Waals surface area contributed by atoms with Crippen LogP contribution >= 0.6 is 44.8 Å². The fourth-order valence-corrected chi connectivity index (χ4v) is 3.10. The van der Waals surface area contributed by atoms with E-state index in [-0.39, 0.29) is 0 Å². The Labute approximate surface area is 80.8 Å². The van der Waals surface area contributed by atoms with E-state index in [1.165, 1.54) is 0 Å². The lowest BCUT2D eigenvalue weighted by atomic mass is 10.6. The van der Waals surface area contributed by atoms with Crippen LogP contribution in [0.4, 0.5) is 0 Å². The summed E-state index contributed by atoms with van der Waals surface area (Å²) in [4.78, 5) is 0. The monoisotopic (exact) mass is 218 g/mol. The van der Waals surface area contributed by atoms with Crippen LogP contribution < -0.4 is 0 Å². The first-order chi connectivity index (χ1) is 4.91. The highest BCUT2D eigenvalue weighted by atomic mass is 35.5. The second kappa shape index (κ2) is 10.3. The maximum atomic E-state index is 5.50. The number of rotatable bonds is 7. The second-order valence-corrected chi connectivity index (χ2v) is 5.19. The summed E-state index contributed by atoms with van der Waals surface area (Å²) in [6.45, 7) is 0. The van der Waals surface area contributed by atoms with Crippen molar-refractivity contribution in [2.45, 2.75) is 12.8 Å². The van der Waals surface area contributed by atoms with Crippen LogP contribution in [0, 0.1) is 0 Å². The van der Waals surface area contributed by atoms with Gasteiger partial charge in [-0.05, 0) is 12.8 Å². The molecular weight excluding hydrogens is 207 g/mol. The second-order valence-electron chi connectivity index (χ2n) is 1.73. The van der Waals surface area contributed by atoms with Gasteiger partial charge < -0.3 is 0 Å². The van der Waals surface area contributed by atoms with Crippen LogP contribution in [0.25, 0.3) is 0 Å². The summed E-state index contributed by atoms with van der Waals surface area (Å²) in [6.07, 6.45) is 2.22. The molecule has 0 radical (unpaired) electrons. The summed E-state index contributed by atoms with van der Waals surface area (Å²) in [5, 5.41) is 0. The molecule has 0 aromatic carbocycles. The van der Waals surface area contributed by atoms with Crippen molar-refractivity contribution in [2.75, 3.05) is 23.3 Å². The number of alkyl halides is 2. The molecule has 0 heterocycles. The van der Waals surface area contributed by atoms with E-state index in [4.69, 9.17) is 23.2 Å². The molecule has 0 rings (SSSR count). The summed E-state index contributed by atoms with van der Waals surface area (Å²) >= 11 is 11.0. The molecule has 0 aliphatic rings. The molecule has 0 aromatic rings. The Kier molecular flexibility index (Phi) is 11.6. The van der Waals surface area contributed by atoms with Gasteiger partial charge in [0.05, 0.1) is 0 Å². The number of hydrogen-bond acceptors (Lipinski definition) is 2. The van der Waals surface area contributed by atoms with Crippen LogP contribution in [-0.2, 0) is 0 Å². The molecule has 0 aliphatic carbocycles. The van der Waals surface area contributed by atoms with Crippen molar-refractivity contribution in [2.24, 2.45) is 0 Å². The Morgan fingerprint density at radius 2 is 1.20 bits per heavy atom. The molecule has 0 nitrogen and oxygen atoms in total. The van der Waals surface area contributed by atoms with Crippen molar-refractivity contribution in [3.63, 3.8) is 0 Å². The van der Waals surface area contributed by atoms with E-state index in [0.29, 0.717) is 0 Å². The third-order valence-electron chi connectivity index (χ3n) is 0.806. The number of halogens is 2. The maximum absolute atomic E-state index is 5.50. The number of hydrogen-bond donors (Lipinski definition) is 0. The van der Waals surface area contributed by atoms with Crippen molar-refractivity contribution in [1.82, 2.24) is 0 Å². The van der Waals surface area contributed by atoms with E-state index in [1.807, 2.05) is 21.6 Å². The highest BCUT2D eigenvalue weighted by molar-refractivity contribution is 8.76. The molecule has 0 aliphatic heterocycles. The minimum absolute atomic E-state index is 0.781. The highest BCUT2D eigenvalue weighted by Crippen LogP contribution is 2.22. The minimum Gasteiger partial charge on any atom is -0.127 e. The average molecular weight is 219 g/mol. The van der Waals surface area contributed by atoms with Gasteiger partial charge >= 0.3 is 0 Å². The van der Waals surface area contributed by atoms with Crippen LogP contribution in [0.3, 0.4) is 0 Å². The summed E-state index contributed by atoms with van der Waals surface area (Å²) in [6, 6.07) is 0. The van der Waals surface area contributed by atoms with Gasteiger partial charge in [0.15, 0.2) is 0 Å². The molecule has 0 saturated heterocycles. The fourth-order valence-electron chi connectivity index (χ4n) is 0.345. The van der Waals surface area contributed by atoms with Crippen LogP contribution in [0.2, 0.25) is 0 Å². The molecule has 0 saturated carbocycles. The molecule has 0 unspecified atom stereocenters. The van der Waals surface area contributed by atoms with E-state index in [2.05, 4.69) is 0 Å². The topological polar surface area (TPSA) is 0 Å². The van der Waals surface area contributed by atoms with Gasteiger partial charge in [-0.15, -0.1) is 23.2 Å². The van der Waals surface area contributed by atoms with E-state index >= 15 is 0 Å². The van der Waals surface area contributed by atoms with Gasteiger partial charge in [0.25, 0.3) is 0 Å². The molecular formula is C6H12Cl2S2. The average Bonchev–Trinajstić information content (AvgIpc) is 1.97. The van der Waals surface area contributed by atoms with Gasteiger partial charge in [0, 0.05) is 23.3 Å². The van der Waals surface area contributed by atoms with E-state index in [9.17, 15) is 0 Å². The molecule has 0 aromatic heterocycles. The van der Waals surface area contributed by atoms with E-state index < -0.39 is 0 Å². The molecule has 0 N–H and O–H groups in total. The molecule has 10 heavy (non-hydrogen) atoms. The van der Waals surface area contributed by atoms with Gasteiger partial charge in [0.1, 0.15) is 0 Å². The molecule has 0 amide bonds. The van der Waals surface area contributed by atoms with Gasteiger partial charge in [-0.25, -0.2) is 0 Å². The molecule has 62 valence electrons. The summed E-state index contributed by atoms with van der Waals surface area (Å²) in [5.41, 5.74) is 0. The Bertz CT molecular complexity index is 53.7. The van der Waals surface area contributed by atoms with E-state index in [1.54, 1.807) is 0 Å². The first-order valence-electron chi connectivity index (χ1n) is 3.28. The van der Waals surface area contributed by atoms with Crippen LogP contribution in [-0.4, -0.2) is 23.3 Å². The quantitative estimate of drug-likeness (QED) is 0.364. The molecule has 0 bridgehead atoms. The standard InChI is InChI=1S/C6H12Cl2S2/c7-3-1-5-9-10-6-2-4-8/h1-6H2. The van der Waals surface area contributed by atoms with Gasteiger partial charge in [-0.3, -0.25) is 0 Å². The smallest absolute Gasteiger partial charge is 0.0231 e. The minimum atomic E-state index is 0.781. The van der Waals surface area contributed by atoms with Gasteiger partial charge in [-0.2, -0.15) is 0 Å². The SMILES string of the molecule is ClCCCSSCCCCl. The van der Waals surface area contributed by atoms with Crippen LogP contribution in [0.1, 0.15) is 12.8 Å². The molecule has 0 atom stereocenters. The predicted octanol–water partition coefficient (Wildman–Crippen LogP) is 3.63. The van der Waals surface area contributed by atoms with Crippen molar-refractivity contribution < 1.29 is 0 Å². The zero-order valence-electron chi connectivity index (χ0n) is 5.82. The lowest BCUT2D eigenvalue weighted by molar-refractivity contribution is 1.12. The first-order valence-corrected chi connectivity index (χ1v) is 6.84. The van der Waals surface area contributed by atoms with Crippen molar-refractivity contribution in [3.05, 3.63) is 0 Å². The maximum Gasteiger partial charge on any atom is 0.0231 e. The lowest BCUT2D eigenvalue weighted by Crippen LogP contribution is -1.80. The first kappa shape index (κ1) is 11.3. The highest BCUT2D eigenvalue weighted by Gasteiger charge is 1.89. The summed E-state index contributed by atoms with van der Waals surface area (Å²) in [5.74, 6) is 3.89. The fraction of sp³-hybridized carbons (Fsp3) is 1.00. The van der Waals surface area contributed by atoms with Crippen molar-refractivity contribution >= 4 is 44.8 Å². The normalized spacial score (nSPS) is 10.2. The van der Waals surface area contributed by atoms with Crippen molar-refractivity contribution in [1.29, 1.82) is 0 Å². The molecule has 0 spiro atoms. The Balaban J connectivity index is 2.65. The molecule has 0 fully saturated rings. The third-order valence-corrected chi connectivity index (χ3v) is 3.92. The Hall–Kier alpha value is 1.28. The zero-order chi connectivity index (χ0) is 7.66. The summed E-state index contributed by atoms with van der Waals surface area (Å²) < 4.78 is 0. The lowest BCUT2D eigenvalue weighted by Gasteiger charge is -1.96. The predicted molar refractivity (Wildman–Crippen MR) is 55.6 cm³/mol. The zero-order valence-corrected chi connectivity index (χ0v) is 8.96. The Morgan fingerprint density at radius 3 is 1.50 bits per heavy atom. The van der Waals surface area contributed by atoms with Crippen molar-refractivity contribution in [3.8, 4) is 0 Å². The van der Waals surface area contributed by atoms with Crippen LogP contribution in [0.5, 0.6) is 0 Å². The van der Waals surface area contributed by atoms with E-state index in [0.717, 1.165) is 36.1 Å². The van der Waals surface area contributed by atoms with Crippen LogP contribution in [0.15, 0.2) is 0 Å². The van der Waals surface area contributed by atoms with Gasteiger partial charge in [0.2, 0.25) is 0 Å². The third kappa shape index (κ3) is 9.28. The summed E-state index contributed by atoms with van der Waals surface area (Å²) in [7, 11) is 3.78. The largest absolute Gasteiger partial charge is 0.127 e. The molecule has 4 heteroatoms. The van der Waals surface area contributed by atoms with Gasteiger partial charge in [-0.1, -0.05) is 21.6 Å². The Morgan fingerprint density at radius 1 is 0.800 bits per heavy atom.